The Labute approximate surface area is 728 Å². The highest BCUT2D eigenvalue weighted by atomic mass is 16.3. The Hall–Kier alpha value is -8.80. The van der Waals surface area contributed by atoms with Gasteiger partial charge in [0.2, 0.25) is 11.8 Å². The van der Waals surface area contributed by atoms with Gasteiger partial charge in [-0.1, -0.05) is 271 Å². The van der Waals surface area contributed by atoms with Crippen molar-refractivity contribution >= 4 is 40.8 Å². The van der Waals surface area contributed by atoms with Crippen molar-refractivity contribution < 1.29 is 29.4 Å². The van der Waals surface area contributed by atoms with Crippen LogP contribution in [0.2, 0.25) is 0 Å². The monoisotopic (exact) mass is 1690 g/mol. The number of allylic oxidation sites excluding steroid dienone is 3. The standard InChI is InChI=1S/2C9H16N2.2C8H16O.2C7H16N2.2C7H15NO.C5H9N3.2C5H10O.3C4H8N4/c2*1-6(2)8-5-10-9(11-8)7(3)4;2*1-6(2)5-8(9)7(3)4;2*1-5(2)7(8)9-6(3)4;2*1-5(2)7(9)8-6(3)4;1-4(2)5-3-6-8-7-5;2*1-4(2)5(3)6;3*1-3(2)4-5-7-8-6-4/h2*5-7H,1-4H3,(H,10,11);6-7H,5H2,1-4H3;5-7,9H,1-4H3;2*5-6H,1-4H3,(H2,8,9);2*5-6H,1-4H3,(H,8,9);4H,3H2,1-2H3;4H,1-3H3;4,6H,3H2,1-2H3;3*3H,1-2H3,(H,5,6,7,8)/b;;;8-5-;;;;;;;;;;. The molecule has 0 radical (unpaired) electrons. The van der Waals surface area contributed by atoms with Crippen LogP contribution in [-0.2, 0) is 19.2 Å². The van der Waals surface area contributed by atoms with Crippen LogP contribution in [0.3, 0.4) is 0 Å². The van der Waals surface area contributed by atoms with Gasteiger partial charge in [0.05, 0.1) is 28.9 Å². The number of ketones is 2. The number of carbonyl (C=O) groups excluding carboxylic acids is 4. The summed E-state index contributed by atoms with van der Waals surface area (Å²) >= 11 is 0. The Bertz CT molecular complexity index is 3080. The minimum absolute atomic E-state index is 0.104. The summed E-state index contributed by atoms with van der Waals surface area (Å²) in [6.45, 7) is 94.5. The highest BCUT2D eigenvalue weighted by molar-refractivity contribution is 5.88. The molecule has 13 N–H and O–H groups in total. The number of Topliss-reactive ketones (excluding diaryl/α,β-unsaturated/α-hetero) is 2. The molecule has 696 valence electrons. The summed E-state index contributed by atoms with van der Waals surface area (Å²) in [4.78, 5) is 66.3. The first-order valence-electron chi connectivity index (χ1n) is 43.3. The molecule has 2 amide bonds. The fraction of sp³-hybridized carbons (Fsp3) is 0.775. The normalized spacial score (nSPS) is 11.7. The van der Waals surface area contributed by atoms with Crippen LogP contribution in [-0.4, -0.2) is 163 Å². The smallest absolute Gasteiger partial charge is 0.222 e. The van der Waals surface area contributed by atoms with E-state index < -0.39 is 0 Å². The van der Waals surface area contributed by atoms with E-state index in [9.17, 15) is 19.2 Å². The molecule has 0 bridgehead atoms. The Morgan fingerprint density at radius 3 is 0.842 bits per heavy atom. The number of nitrogens with zero attached hydrogens (tertiary/aromatic N) is 16. The first-order valence-corrected chi connectivity index (χ1v) is 43.3. The van der Waals surface area contributed by atoms with Crippen molar-refractivity contribution in [3.8, 4) is 0 Å². The summed E-state index contributed by atoms with van der Waals surface area (Å²) in [7, 11) is 0. The van der Waals surface area contributed by atoms with Crippen molar-refractivity contribution in [1.29, 1.82) is 0 Å². The van der Waals surface area contributed by atoms with E-state index in [1.807, 2.05) is 226 Å². The molecule has 0 unspecified atom stereocenters. The summed E-state index contributed by atoms with van der Waals surface area (Å²) in [5.41, 5.74) is 14.7. The van der Waals surface area contributed by atoms with Crippen LogP contribution < -0.4 is 22.1 Å². The van der Waals surface area contributed by atoms with E-state index >= 15 is 0 Å². The lowest BCUT2D eigenvalue weighted by Crippen LogP contribution is -2.33. The zero-order chi connectivity index (χ0) is 95.7. The van der Waals surface area contributed by atoms with Gasteiger partial charge < -0.3 is 42.3 Å². The number of H-pyrrole nitrogens is 5. The summed E-state index contributed by atoms with van der Waals surface area (Å²) < 4.78 is 0. The number of nitrogens with two attached hydrogens (primary N) is 2. The predicted octanol–water partition coefficient (Wildman–Crippen LogP) is 20.8. The van der Waals surface area contributed by atoms with E-state index in [-0.39, 0.29) is 70.9 Å². The molecule has 6 rings (SSSR count). The minimum atomic E-state index is 0.104. The van der Waals surface area contributed by atoms with Gasteiger partial charge in [-0.3, -0.25) is 29.2 Å². The molecule has 6 heterocycles. The number of imidazole rings is 2. The van der Waals surface area contributed by atoms with E-state index in [0.717, 1.165) is 52.9 Å². The lowest BCUT2D eigenvalue weighted by molar-refractivity contribution is -0.125. The molecule has 0 saturated heterocycles. The average Bonchev–Trinajstić information content (AvgIpc) is 1.84. The van der Waals surface area contributed by atoms with Crippen LogP contribution in [0.4, 0.5) is 0 Å². The third-order valence-electron chi connectivity index (χ3n) is 15.1. The molecule has 0 spiro atoms. The number of aliphatic hydroxyl groups excluding tert-OH is 2. The van der Waals surface area contributed by atoms with Gasteiger partial charge in [-0.2, -0.15) is 20.8 Å². The topological polar surface area (TPSA) is 467 Å². The number of hydrogen-bond donors (Lipinski definition) is 11. The number of tetrazole rings is 3. The first-order chi connectivity index (χ1) is 54.9. The van der Waals surface area contributed by atoms with Gasteiger partial charge in [0.15, 0.2) is 17.5 Å². The maximum Gasteiger partial charge on any atom is 0.222 e. The number of rotatable bonds is 23. The second-order valence-electron chi connectivity index (χ2n) is 35.8. The summed E-state index contributed by atoms with van der Waals surface area (Å²) in [6, 6.07) is 1.18. The van der Waals surface area contributed by atoms with E-state index in [4.69, 9.17) is 21.7 Å². The maximum atomic E-state index is 11.0. The zero-order valence-corrected chi connectivity index (χ0v) is 83.9. The maximum absolute atomic E-state index is 11.0. The van der Waals surface area contributed by atoms with Gasteiger partial charge in [0, 0.05) is 131 Å². The Morgan fingerprint density at radius 2 is 0.750 bits per heavy atom. The number of hydrogen-bond acceptors (Lipinski definition) is 22. The first kappa shape index (κ1) is 127. The van der Waals surface area contributed by atoms with Crippen LogP contribution in [0.1, 0.15) is 400 Å². The molecule has 0 saturated carbocycles. The van der Waals surface area contributed by atoms with Crippen molar-refractivity contribution in [1.82, 2.24) is 92.4 Å². The number of carbonyl (C=O) groups is 4. The second kappa shape index (κ2) is 74.1. The minimum Gasteiger partial charge on any atom is -0.513 e. The van der Waals surface area contributed by atoms with Crippen molar-refractivity contribution in [2.45, 2.75) is 384 Å². The number of aromatic amines is 5. The van der Waals surface area contributed by atoms with Crippen molar-refractivity contribution in [2.75, 3.05) is 6.54 Å². The number of amides is 2. The van der Waals surface area contributed by atoms with Crippen LogP contribution in [0, 0.1) is 65.1 Å². The Morgan fingerprint density at radius 1 is 0.442 bits per heavy atom. The molecule has 0 fully saturated rings. The number of aromatic nitrogens is 16. The molecule has 5 aromatic rings. The zero-order valence-electron chi connectivity index (χ0n) is 83.9. The molecule has 1 aliphatic rings. The van der Waals surface area contributed by atoms with E-state index in [0.29, 0.717) is 101 Å². The van der Waals surface area contributed by atoms with Gasteiger partial charge >= 0.3 is 0 Å². The molecular weight excluding hydrogens is 1520 g/mol. The van der Waals surface area contributed by atoms with Gasteiger partial charge in [-0.05, 0) is 103 Å². The number of aliphatic imine (C=N–C) groups is 2. The van der Waals surface area contributed by atoms with Gasteiger partial charge in [0.25, 0.3) is 0 Å². The van der Waals surface area contributed by atoms with Crippen LogP contribution in [0.15, 0.2) is 62.0 Å². The third-order valence-corrected chi connectivity index (χ3v) is 15.1. The second-order valence-corrected chi connectivity index (χ2v) is 35.8. The predicted molar refractivity (Wildman–Crippen MR) is 502 cm³/mol. The van der Waals surface area contributed by atoms with Crippen molar-refractivity contribution in [3.63, 3.8) is 0 Å². The number of nitrogens with one attached hydrogen (secondary N) is 7. The van der Waals surface area contributed by atoms with E-state index in [1.54, 1.807) is 6.92 Å². The lowest BCUT2D eigenvalue weighted by Gasteiger charge is -2.09. The quantitative estimate of drug-likeness (QED) is 0.0164. The largest absolute Gasteiger partial charge is 0.513 e. The lowest BCUT2D eigenvalue weighted by atomic mass is 9.99. The number of amidine groups is 2. The molecule has 31 nitrogen and oxygen atoms in total. The van der Waals surface area contributed by atoms with Crippen molar-refractivity contribution in [3.05, 3.63) is 77.1 Å². The highest BCUT2D eigenvalue weighted by Crippen LogP contribution is 2.18. The van der Waals surface area contributed by atoms with Crippen molar-refractivity contribution in [2.24, 2.45) is 102 Å². The van der Waals surface area contributed by atoms with Gasteiger partial charge in [-0.25, -0.2) is 9.97 Å². The molecule has 31 heteroatoms. The summed E-state index contributed by atoms with van der Waals surface area (Å²) in [5, 5.41) is 74.2. The SMILES string of the molecule is C=C(O)C(C)C.CC(=O)C(C)C.CC(C)/C=C(\O)C(C)C.CC(C)C1=NN=NC1.CC(C)CC(=O)C(C)C.CC(C)N=C(N)C(C)C.CC(C)N=C(N)C(C)C.CC(C)NC(=O)C(C)C.CC(C)NC(=O)C(C)C.CC(C)c1cnc(C(C)C)[nH]1.CC(C)c1cnc(C(C)C)[nH]1.CC(C)c1nn[nH]n1.CC(C)c1nn[nH]n1.CC(C)c1nn[nH]n1. The highest BCUT2D eigenvalue weighted by Gasteiger charge is 2.13. The summed E-state index contributed by atoms with van der Waals surface area (Å²) in [6.07, 6.45) is 6.47. The Balaban J connectivity index is -0.000000188. The molecule has 0 aromatic carbocycles. The molecule has 5 aromatic heterocycles. The number of aliphatic hydroxyl groups is 2. The van der Waals surface area contributed by atoms with Gasteiger partial charge in [0.1, 0.15) is 29.8 Å². The third kappa shape index (κ3) is 81.6. The van der Waals surface area contributed by atoms with Crippen LogP contribution >= 0.6 is 0 Å². The fourth-order valence-electron chi connectivity index (χ4n) is 6.61. The Kier molecular flexibility index (Phi) is 78.3. The van der Waals surface area contributed by atoms with Crippen LogP contribution in [0.5, 0.6) is 0 Å². The van der Waals surface area contributed by atoms with E-state index in [1.165, 1.54) is 11.4 Å². The molecule has 0 aliphatic carbocycles. The molecule has 120 heavy (non-hydrogen) atoms. The molecular formula is C89H179N25O6. The van der Waals surface area contributed by atoms with E-state index in [2.05, 4.69) is 221 Å². The molecule has 0 atom stereocenters. The van der Waals surface area contributed by atoms with Crippen LogP contribution in [0.25, 0.3) is 0 Å². The average molecular weight is 1700 g/mol. The van der Waals surface area contributed by atoms with Gasteiger partial charge in [-0.15, -0.1) is 35.7 Å². The summed E-state index contributed by atoms with van der Waals surface area (Å²) in [5.74, 6) is 14.2. The molecule has 1 aliphatic heterocycles. The fourth-order valence-corrected chi connectivity index (χ4v) is 6.61.